The molecule has 0 spiro atoms. The smallest absolute Gasteiger partial charge is 0.277 e. The molecule has 8 nitrogen and oxygen atoms in total. The number of amides is 2. The number of rotatable bonds is 7. The number of carbonyl (C=O) groups excluding carboxylic acids is 3. The molecule has 0 saturated carbocycles. The van der Waals surface area contributed by atoms with E-state index in [0.29, 0.717) is 6.29 Å². The minimum absolute atomic E-state index is 0.0695. The van der Waals surface area contributed by atoms with Gasteiger partial charge < -0.3 is 10.2 Å². The fourth-order valence-corrected chi connectivity index (χ4v) is 2.04. The molecule has 9 heteroatoms. The van der Waals surface area contributed by atoms with Crippen LogP contribution in [0.3, 0.4) is 0 Å². The highest BCUT2D eigenvalue weighted by atomic mass is 32.2. The number of aldehydes is 1. The quantitative estimate of drug-likeness (QED) is 0.338. The van der Waals surface area contributed by atoms with E-state index >= 15 is 0 Å². The lowest BCUT2D eigenvalue weighted by atomic mass is 10.2. The first-order valence-electron chi connectivity index (χ1n) is 5.28. The lowest BCUT2D eigenvalue weighted by Crippen LogP contribution is -2.40. The molecule has 19 heavy (non-hydrogen) atoms. The molecule has 0 radical (unpaired) electrons. The van der Waals surface area contributed by atoms with Crippen molar-refractivity contribution in [2.45, 2.75) is 11.7 Å². The number of nitrogens with zero attached hydrogens (tertiary/aromatic N) is 1. The second-order valence-electron chi connectivity index (χ2n) is 3.66. The van der Waals surface area contributed by atoms with E-state index in [9.17, 15) is 22.8 Å². The third kappa shape index (κ3) is 6.11. The van der Waals surface area contributed by atoms with Crippen LogP contribution in [0, 0.1) is 0 Å². The highest BCUT2D eigenvalue weighted by molar-refractivity contribution is 7.87. The van der Waals surface area contributed by atoms with E-state index in [1.54, 1.807) is 0 Å². The van der Waals surface area contributed by atoms with Crippen molar-refractivity contribution in [3.8, 4) is 0 Å². The lowest BCUT2D eigenvalue weighted by molar-refractivity contribution is -0.126. The molecule has 1 unspecified atom stereocenters. The maximum absolute atomic E-state index is 11.4. The molecule has 0 aromatic carbocycles. The van der Waals surface area contributed by atoms with Crippen molar-refractivity contribution in [2.75, 3.05) is 20.6 Å². The van der Waals surface area contributed by atoms with Crippen LogP contribution in [0.4, 0.5) is 0 Å². The highest BCUT2D eigenvalue weighted by Gasteiger charge is 2.30. The summed E-state index contributed by atoms with van der Waals surface area (Å²) in [5.74, 6) is -1.37. The first-order valence-corrected chi connectivity index (χ1v) is 6.79. The summed E-state index contributed by atoms with van der Waals surface area (Å²) in [6.45, 7) is -0.0695. The van der Waals surface area contributed by atoms with Gasteiger partial charge in [-0.1, -0.05) is 0 Å². The molecule has 0 heterocycles. The summed E-state index contributed by atoms with van der Waals surface area (Å²) in [5.41, 5.74) is 0. The van der Waals surface area contributed by atoms with Gasteiger partial charge in [0.1, 0.15) is 6.29 Å². The normalized spacial score (nSPS) is 13.0. The van der Waals surface area contributed by atoms with Gasteiger partial charge in [-0.2, -0.15) is 8.42 Å². The van der Waals surface area contributed by atoms with Crippen LogP contribution in [-0.2, 0) is 24.5 Å². The van der Waals surface area contributed by atoms with Gasteiger partial charge in [0.2, 0.25) is 11.8 Å². The Kier molecular flexibility index (Phi) is 6.94. The van der Waals surface area contributed by atoms with Gasteiger partial charge in [0.15, 0.2) is 5.25 Å². The zero-order chi connectivity index (χ0) is 15.1. The Morgan fingerprint density at radius 3 is 2.42 bits per heavy atom. The predicted molar refractivity (Wildman–Crippen MR) is 66.9 cm³/mol. The van der Waals surface area contributed by atoms with Crippen LogP contribution in [-0.4, -0.2) is 61.9 Å². The molecule has 108 valence electrons. The summed E-state index contributed by atoms with van der Waals surface area (Å²) in [6, 6.07) is 0. The monoisotopic (exact) mass is 292 g/mol. The molecular weight excluding hydrogens is 276 g/mol. The SMILES string of the molecule is CNC(=O)C(CCN(C)C(=O)/C=C\C=O)S(=O)(=O)O. The van der Waals surface area contributed by atoms with Crippen molar-refractivity contribution in [2.24, 2.45) is 0 Å². The summed E-state index contributed by atoms with van der Waals surface area (Å²) in [7, 11) is -1.92. The Labute approximate surface area is 111 Å². The van der Waals surface area contributed by atoms with E-state index in [4.69, 9.17) is 4.55 Å². The van der Waals surface area contributed by atoms with Gasteiger partial charge in [-0.05, 0) is 12.5 Å². The van der Waals surface area contributed by atoms with Gasteiger partial charge in [0.05, 0.1) is 0 Å². The third-order valence-corrected chi connectivity index (χ3v) is 3.49. The van der Waals surface area contributed by atoms with Gasteiger partial charge in [-0.3, -0.25) is 18.9 Å². The molecule has 1 atom stereocenters. The number of likely N-dealkylation sites (N-methyl/N-ethyl adjacent to an activating group) is 1. The summed E-state index contributed by atoms with van der Waals surface area (Å²) >= 11 is 0. The van der Waals surface area contributed by atoms with Crippen LogP contribution >= 0.6 is 0 Å². The van der Waals surface area contributed by atoms with Crippen LogP contribution < -0.4 is 5.32 Å². The average molecular weight is 292 g/mol. The van der Waals surface area contributed by atoms with Crippen LogP contribution in [0.15, 0.2) is 12.2 Å². The van der Waals surface area contributed by atoms with Crippen molar-refractivity contribution in [1.82, 2.24) is 10.2 Å². The molecule has 0 aromatic rings. The van der Waals surface area contributed by atoms with E-state index in [1.807, 2.05) is 0 Å². The summed E-state index contributed by atoms with van der Waals surface area (Å²) in [6.07, 6.45) is 2.18. The fraction of sp³-hybridized carbons (Fsp3) is 0.500. The number of nitrogens with one attached hydrogen (secondary N) is 1. The second kappa shape index (κ2) is 7.64. The Morgan fingerprint density at radius 2 is 2.00 bits per heavy atom. The molecule has 0 aromatic heterocycles. The van der Waals surface area contributed by atoms with E-state index in [1.165, 1.54) is 14.1 Å². The van der Waals surface area contributed by atoms with Crippen LogP contribution in [0.1, 0.15) is 6.42 Å². The summed E-state index contributed by atoms with van der Waals surface area (Å²) in [4.78, 5) is 33.8. The summed E-state index contributed by atoms with van der Waals surface area (Å²) < 4.78 is 31.0. The molecule has 0 aliphatic heterocycles. The highest BCUT2D eigenvalue weighted by Crippen LogP contribution is 2.06. The standard InChI is InChI=1S/C10H16N2O6S/c1-11-10(15)8(19(16,17)18)5-6-12(2)9(14)4-3-7-13/h3-4,7-8H,5-6H2,1-2H3,(H,11,15)(H,16,17,18)/b4-3-. The minimum atomic E-state index is -4.54. The number of hydrogen-bond acceptors (Lipinski definition) is 5. The lowest BCUT2D eigenvalue weighted by Gasteiger charge is -2.18. The Bertz CT molecular complexity index is 470. The minimum Gasteiger partial charge on any atom is -0.358 e. The third-order valence-electron chi connectivity index (χ3n) is 2.32. The van der Waals surface area contributed by atoms with E-state index in [2.05, 4.69) is 5.32 Å². The Hall–Kier alpha value is -1.74. The Balaban J connectivity index is 4.66. The molecule has 0 aliphatic rings. The van der Waals surface area contributed by atoms with Gasteiger partial charge in [0.25, 0.3) is 10.1 Å². The summed E-state index contributed by atoms with van der Waals surface area (Å²) in [5, 5.41) is 0.481. The molecule has 0 aliphatic carbocycles. The topological polar surface area (TPSA) is 121 Å². The van der Waals surface area contributed by atoms with Crippen molar-refractivity contribution in [3.63, 3.8) is 0 Å². The molecule has 0 bridgehead atoms. The van der Waals surface area contributed by atoms with E-state index < -0.39 is 27.2 Å². The van der Waals surface area contributed by atoms with Gasteiger partial charge >= 0.3 is 0 Å². The van der Waals surface area contributed by atoms with E-state index in [0.717, 1.165) is 17.1 Å². The maximum atomic E-state index is 11.4. The van der Waals surface area contributed by atoms with Crippen molar-refractivity contribution >= 4 is 28.2 Å². The zero-order valence-corrected chi connectivity index (χ0v) is 11.4. The number of carbonyl (C=O) groups is 3. The molecule has 2 N–H and O–H groups in total. The van der Waals surface area contributed by atoms with E-state index in [-0.39, 0.29) is 13.0 Å². The largest absolute Gasteiger partial charge is 0.358 e. The second-order valence-corrected chi connectivity index (χ2v) is 5.26. The van der Waals surface area contributed by atoms with Gasteiger partial charge in [-0.15, -0.1) is 0 Å². The van der Waals surface area contributed by atoms with Crippen molar-refractivity contribution in [3.05, 3.63) is 12.2 Å². The number of allylic oxidation sites excluding steroid dienone is 1. The van der Waals surface area contributed by atoms with Crippen LogP contribution in [0.2, 0.25) is 0 Å². The molecule has 0 rings (SSSR count). The average Bonchev–Trinajstić information content (AvgIpc) is 2.33. The Morgan fingerprint density at radius 1 is 1.42 bits per heavy atom. The molecule has 0 fully saturated rings. The number of hydrogen-bond donors (Lipinski definition) is 2. The molecule has 2 amide bonds. The van der Waals surface area contributed by atoms with Gasteiger partial charge in [-0.25, -0.2) is 0 Å². The zero-order valence-electron chi connectivity index (χ0n) is 10.6. The van der Waals surface area contributed by atoms with Gasteiger partial charge in [0, 0.05) is 26.7 Å². The van der Waals surface area contributed by atoms with Crippen molar-refractivity contribution in [1.29, 1.82) is 0 Å². The van der Waals surface area contributed by atoms with Crippen LogP contribution in [0.25, 0.3) is 0 Å². The molecular formula is C10H16N2O6S. The first kappa shape index (κ1) is 17.3. The maximum Gasteiger partial charge on any atom is 0.277 e. The predicted octanol–water partition coefficient (Wildman–Crippen LogP) is -1.41. The fourth-order valence-electron chi connectivity index (χ4n) is 1.25. The van der Waals surface area contributed by atoms with Crippen LogP contribution in [0.5, 0.6) is 0 Å². The molecule has 0 saturated heterocycles. The van der Waals surface area contributed by atoms with Crippen molar-refractivity contribution < 1.29 is 27.4 Å². The first-order chi connectivity index (χ1) is 8.73.